The lowest BCUT2D eigenvalue weighted by molar-refractivity contribution is 0.669. The molecule has 0 aliphatic rings. The van der Waals surface area contributed by atoms with Crippen LogP contribution in [0.1, 0.15) is 0 Å². The van der Waals surface area contributed by atoms with Gasteiger partial charge in [-0.15, -0.1) is 0 Å². The minimum Gasteiger partial charge on any atom is -0.455 e. The van der Waals surface area contributed by atoms with Crippen molar-refractivity contribution in [2.45, 2.75) is 0 Å². The summed E-state index contributed by atoms with van der Waals surface area (Å²) >= 11 is 0. The molecule has 11 aromatic rings. The first-order valence-corrected chi connectivity index (χ1v) is 19.2. The number of hydrogen-bond acceptors (Lipinski definition) is 4. The molecule has 9 aromatic carbocycles. The lowest BCUT2D eigenvalue weighted by Crippen LogP contribution is -2.01. The fraction of sp³-hybridized carbons (Fsp3) is 0. The Hall–Kier alpha value is -7.69. The average molecular weight is 728 g/mol. The Labute approximate surface area is 329 Å². The molecule has 2 aromatic heterocycles. The molecule has 0 atom stereocenters. The van der Waals surface area contributed by atoms with Gasteiger partial charge in [0.15, 0.2) is 17.5 Å². The molecule has 2 heterocycles. The summed E-state index contributed by atoms with van der Waals surface area (Å²) in [4.78, 5) is 15.5. The molecule has 11 rings (SSSR count). The second kappa shape index (κ2) is 13.6. The first-order valence-electron chi connectivity index (χ1n) is 19.2. The van der Waals surface area contributed by atoms with Crippen molar-refractivity contribution in [1.29, 1.82) is 0 Å². The van der Waals surface area contributed by atoms with Gasteiger partial charge in [-0.25, -0.2) is 15.0 Å². The highest BCUT2D eigenvalue weighted by Crippen LogP contribution is 2.44. The smallest absolute Gasteiger partial charge is 0.167 e. The van der Waals surface area contributed by atoms with E-state index in [0.29, 0.717) is 17.5 Å². The third-order valence-electron chi connectivity index (χ3n) is 11.0. The number of benzene rings is 9. The van der Waals surface area contributed by atoms with Gasteiger partial charge in [0.05, 0.1) is 5.56 Å². The Kier molecular flexibility index (Phi) is 7.78. The summed E-state index contributed by atoms with van der Waals surface area (Å²) in [6, 6.07) is 70.1. The van der Waals surface area contributed by atoms with Gasteiger partial charge in [0.2, 0.25) is 0 Å². The van der Waals surface area contributed by atoms with Gasteiger partial charge in [0, 0.05) is 21.9 Å². The monoisotopic (exact) mass is 727 g/mol. The second-order valence-electron chi connectivity index (χ2n) is 14.3. The van der Waals surface area contributed by atoms with Gasteiger partial charge in [0.25, 0.3) is 0 Å². The highest BCUT2D eigenvalue weighted by Gasteiger charge is 2.21. The quantitative estimate of drug-likeness (QED) is 0.171. The summed E-state index contributed by atoms with van der Waals surface area (Å²) in [7, 11) is 0. The minimum absolute atomic E-state index is 0.561. The Morgan fingerprint density at radius 3 is 1.65 bits per heavy atom. The van der Waals surface area contributed by atoms with E-state index in [1.54, 1.807) is 0 Å². The molecule has 0 N–H and O–H groups in total. The number of para-hydroxylation sites is 2. The fourth-order valence-electron chi connectivity index (χ4n) is 8.27. The van der Waals surface area contributed by atoms with E-state index in [1.807, 2.05) is 60.7 Å². The molecular weight excluding hydrogens is 695 g/mol. The maximum absolute atomic E-state index is 6.48. The van der Waals surface area contributed by atoms with Crippen LogP contribution >= 0.6 is 0 Å². The third kappa shape index (κ3) is 5.66. The van der Waals surface area contributed by atoms with E-state index < -0.39 is 0 Å². The molecule has 266 valence electrons. The summed E-state index contributed by atoms with van der Waals surface area (Å²) in [6.07, 6.45) is 0. The lowest BCUT2D eigenvalue weighted by atomic mass is 9.86. The van der Waals surface area contributed by atoms with Crippen molar-refractivity contribution in [3.63, 3.8) is 0 Å². The number of hydrogen-bond donors (Lipinski definition) is 0. The highest BCUT2D eigenvalue weighted by molar-refractivity contribution is 6.13. The Morgan fingerprint density at radius 2 is 0.842 bits per heavy atom. The van der Waals surface area contributed by atoms with Crippen LogP contribution < -0.4 is 0 Å². The SMILES string of the molecule is c1ccc(-c2cccc(-c3ccc4ccccc4c3-c3ccc(-c4nc(-c5ccccc5)nc(-c5cccc6c5oc5ccccc56)n4)c4ccccc34)c2)cc1. The van der Waals surface area contributed by atoms with Gasteiger partial charge in [-0.3, -0.25) is 0 Å². The topological polar surface area (TPSA) is 51.8 Å². The summed E-state index contributed by atoms with van der Waals surface area (Å²) in [5.74, 6) is 1.77. The highest BCUT2D eigenvalue weighted by atomic mass is 16.3. The molecule has 0 bridgehead atoms. The summed E-state index contributed by atoms with van der Waals surface area (Å²) in [5, 5.41) is 6.66. The van der Waals surface area contributed by atoms with Crippen LogP contribution in [-0.2, 0) is 0 Å². The molecule has 4 heteroatoms. The normalized spacial score (nSPS) is 11.5. The second-order valence-corrected chi connectivity index (χ2v) is 14.3. The molecule has 0 amide bonds. The molecular formula is C53H33N3O. The molecule has 0 saturated carbocycles. The predicted octanol–water partition coefficient (Wildman–Crippen LogP) is 14.1. The summed E-state index contributed by atoms with van der Waals surface area (Å²) in [6.45, 7) is 0. The Bertz CT molecular complexity index is 3300. The Balaban J connectivity index is 1.14. The van der Waals surface area contributed by atoms with Gasteiger partial charge in [-0.2, -0.15) is 0 Å². The molecule has 0 aliphatic heterocycles. The Morgan fingerprint density at radius 1 is 0.298 bits per heavy atom. The lowest BCUT2D eigenvalue weighted by Gasteiger charge is -2.18. The fourth-order valence-corrected chi connectivity index (χ4v) is 8.27. The van der Waals surface area contributed by atoms with Crippen LogP contribution in [0.25, 0.3) is 111 Å². The van der Waals surface area contributed by atoms with Gasteiger partial charge >= 0.3 is 0 Å². The van der Waals surface area contributed by atoms with Gasteiger partial charge in [-0.1, -0.05) is 176 Å². The van der Waals surface area contributed by atoms with Crippen molar-refractivity contribution in [2.75, 3.05) is 0 Å². The first-order chi connectivity index (χ1) is 28.3. The van der Waals surface area contributed by atoms with E-state index in [-0.39, 0.29) is 0 Å². The summed E-state index contributed by atoms with van der Waals surface area (Å²) in [5.41, 5.74) is 11.3. The van der Waals surface area contributed by atoms with Gasteiger partial charge in [-0.05, 0) is 79.2 Å². The molecule has 4 nitrogen and oxygen atoms in total. The third-order valence-corrected chi connectivity index (χ3v) is 11.0. The van der Waals surface area contributed by atoms with E-state index in [0.717, 1.165) is 55.0 Å². The average Bonchev–Trinajstić information content (AvgIpc) is 3.68. The van der Waals surface area contributed by atoms with Crippen molar-refractivity contribution in [2.24, 2.45) is 0 Å². The van der Waals surface area contributed by atoms with Crippen LogP contribution in [0.15, 0.2) is 205 Å². The van der Waals surface area contributed by atoms with Crippen molar-refractivity contribution in [3.8, 4) is 67.5 Å². The van der Waals surface area contributed by atoms with Crippen molar-refractivity contribution in [1.82, 2.24) is 15.0 Å². The zero-order valence-electron chi connectivity index (χ0n) is 30.8. The van der Waals surface area contributed by atoms with E-state index in [4.69, 9.17) is 19.4 Å². The number of furan rings is 1. The summed E-state index contributed by atoms with van der Waals surface area (Å²) < 4.78 is 6.48. The first kappa shape index (κ1) is 32.7. The number of fused-ring (bicyclic) bond motifs is 5. The maximum atomic E-state index is 6.48. The maximum Gasteiger partial charge on any atom is 0.167 e. The molecule has 0 unspecified atom stereocenters. The van der Waals surface area contributed by atoms with Gasteiger partial charge in [0.1, 0.15) is 11.2 Å². The molecule has 0 aliphatic carbocycles. The zero-order valence-corrected chi connectivity index (χ0v) is 30.8. The van der Waals surface area contributed by atoms with E-state index in [9.17, 15) is 0 Å². The van der Waals surface area contributed by atoms with E-state index >= 15 is 0 Å². The molecule has 0 fully saturated rings. The van der Waals surface area contributed by atoms with Crippen LogP contribution in [0.4, 0.5) is 0 Å². The van der Waals surface area contributed by atoms with Crippen LogP contribution in [0, 0.1) is 0 Å². The van der Waals surface area contributed by atoms with Crippen molar-refractivity contribution >= 4 is 43.5 Å². The number of nitrogens with zero attached hydrogens (tertiary/aromatic N) is 3. The van der Waals surface area contributed by atoms with Crippen molar-refractivity contribution in [3.05, 3.63) is 200 Å². The van der Waals surface area contributed by atoms with E-state index in [2.05, 4.69) is 140 Å². The number of aromatic nitrogens is 3. The van der Waals surface area contributed by atoms with Crippen LogP contribution in [0.2, 0.25) is 0 Å². The van der Waals surface area contributed by atoms with Crippen LogP contribution in [0.3, 0.4) is 0 Å². The zero-order chi connectivity index (χ0) is 37.7. The molecule has 57 heavy (non-hydrogen) atoms. The molecule has 0 spiro atoms. The molecule has 0 saturated heterocycles. The van der Waals surface area contributed by atoms with Gasteiger partial charge < -0.3 is 4.42 Å². The van der Waals surface area contributed by atoms with Crippen LogP contribution in [-0.4, -0.2) is 15.0 Å². The van der Waals surface area contributed by atoms with E-state index in [1.165, 1.54) is 38.6 Å². The standard InChI is InChI=1S/C53H33N3O/c1-3-15-34(16-4-1)37-20-13-21-38(33-37)40-30-29-35-17-7-8-22-39(35)49(40)44-31-32-46(42-24-10-9-23-41(42)44)52-54-51(36-18-5-2-6-19-36)55-53(56-52)47-27-14-26-45-43-25-11-12-28-48(43)57-50(45)47/h1-33H. The largest absolute Gasteiger partial charge is 0.455 e. The molecule has 0 radical (unpaired) electrons. The van der Waals surface area contributed by atoms with Crippen molar-refractivity contribution < 1.29 is 4.42 Å². The number of rotatable bonds is 6. The minimum atomic E-state index is 0.561. The predicted molar refractivity (Wildman–Crippen MR) is 235 cm³/mol. The van der Waals surface area contributed by atoms with Crippen LogP contribution in [0.5, 0.6) is 0 Å².